The van der Waals surface area contributed by atoms with Gasteiger partial charge in [-0.15, -0.1) is 12.3 Å². The van der Waals surface area contributed by atoms with Crippen molar-refractivity contribution in [2.75, 3.05) is 0 Å². The monoisotopic (exact) mass is 268 g/mol. The zero-order valence-corrected chi connectivity index (χ0v) is 9.40. The summed E-state index contributed by atoms with van der Waals surface area (Å²) in [5.41, 5.74) is 0. The predicted molar refractivity (Wildman–Crippen MR) is 59.6 cm³/mol. The molecule has 0 saturated carbocycles. The van der Waals surface area contributed by atoms with Crippen LogP contribution in [0, 0.1) is 12.3 Å². The van der Waals surface area contributed by atoms with E-state index < -0.39 is 12.1 Å². The van der Waals surface area contributed by atoms with Crippen molar-refractivity contribution < 1.29 is 14.6 Å². The smallest absolute Gasteiger partial charge is 0.345 e. The van der Waals surface area contributed by atoms with Crippen LogP contribution in [-0.2, 0) is 4.79 Å². The Bertz CT molecular complexity index is 378. The zero-order chi connectivity index (χ0) is 11.3. The van der Waals surface area contributed by atoms with Crippen molar-refractivity contribution in [1.82, 2.24) is 0 Å². The van der Waals surface area contributed by atoms with Crippen molar-refractivity contribution in [3.63, 3.8) is 0 Å². The van der Waals surface area contributed by atoms with Gasteiger partial charge in [-0.1, -0.05) is 15.9 Å². The van der Waals surface area contributed by atoms with E-state index in [9.17, 15) is 4.79 Å². The van der Waals surface area contributed by atoms with E-state index in [1.807, 2.05) is 0 Å². The number of carboxylic acid groups (broad SMARTS) is 1. The van der Waals surface area contributed by atoms with Crippen LogP contribution in [0.3, 0.4) is 0 Å². The fourth-order valence-electron chi connectivity index (χ4n) is 0.964. The Morgan fingerprint density at radius 2 is 2.13 bits per heavy atom. The minimum Gasteiger partial charge on any atom is -0.478 e. The van der Waals surface area contributed by atoms with Crippen LogP contribution in [0.2, 0.25) is 0 Å². The molecule has 1 aromatic rings. The molecule has 0 unspecified atom stereocenters. The molecule has 0 aromatic heterocycles. The lowest BCUT2D eigenvalue weighted by atomic mass is 10.2. The molecule has 0 fully saturated rings. The predicted octanol–water partition coefficient (Wildman–Crippen LogP) is 2.30. The van der Waals surface area contributed by atoms with Gasteiger partial charge in [0.05, 0.1) is 6.42 Å². The summed E-state index contributed by atoms with van der Waals surface area (Å²) in [6.07, 6.45) is 4.10. The Hall–Kier alpha value is -1.47. The number of ether oxygens (including phenoxy) is 1. The van der Waals surface area contributed by atoms with Crippen LogP contribution in [-0.4, -0.2) is 17.2 Å². The van der Waals surface area contributed by atoms with Crippen molar-refractivity contribution >= 4 is 21.9 Å². The van der Waals surface area contributed by atoms with E-state index in [2.05, 4.69) is 21.9 Å². The number of rotatable bonds is 4. The number of benzene rings is 1. The lowest BCUT2D eigenvalue weighted by molar-refractivity contribution is -0.144. The van der Waals surface area contributed by atoms with Crippen LogP contribution in [0.25, 0.3) is 0 Å². The lowest BCUT2D eigenvalue weighted by Crippen LogP contribution is -2.26. The van der Waals surface area contributed by atoms with Gasteiger partial charge in [-0.25, -0.2) is 4.79 Å². The van der Waals surface area contributed by atoms with Gasteiger partial charge in [0.2, 0.25) is 6.10 Å². The molecular weight excluding hydrogens is 260 g/mol. The van der Waals surface area contributed by atoms with E-state index in [1.54, 1.807) is 24.3 Å². The molecule has 1 rings (SSSR count). The van der Waals surface area contributed by atoms with Gasteiger partial charge in [0.15, 0.2) is 0 Å². The SMILES string of the molecule is C#CC[C@H](Oc1ccc(Br)cc1)C(=O)O. The van der Waals surface area contributed by atoms with Crippen molar-refractivity contribution in [1.29, 1.82) is 0 Å². The highest BCUT2D eigenvalue weighted by Gasteiger charge is 2.17. The maximum atomic E-state index is 10.7. The van der Waals surface area contributed by atoms with E-state index in [-0.39, 0.29) is 6.42 Å². The minimum absolute atomic E-state index is 0.0470. The average molecular weight is 269 g/mol. The molecule has 0 heterocycles. The first-order valence-electron chi connectivity index (χ1n) is 4.22. The molecule has 1 aromatic carbocycles. The van der Waals surface area contributed by atoms with Gasteiger partial charge >= 0.3 is 5.97 Å². The van der Waals surface area contributed by atoms with Crippen LogP contribution in [0.1, 0.15) is 6.42 Å². The summed E-state index contributed by atoms with van der Waals surface area (Å²) in [5, 5.41) is 8.79. The van der Waals surface area contributed by atoms with Crippen LogP contribution in [0.5, 0.6) is 5.75 Å². The summed E-state index contributed by atoms with van der Waals surface area (Å²) in [6, 6.07) is 6.89. The number of terminal acetylenes is 1. The minimum atomic E-state index is -1.06. The molecule has 1 atom stereocenters. The Labute approximate surface area is 96.2 Å². The van der Waals surface area contributed by atoms with Gasteiger partial charge in [0.25, 0.3) is 0 Å². The van der Waals surface area contributed by atoms with Gasteiger partial charge in [-0.05, 0) is 24.3 Å². The van der Waals surface area contributed by atoms with Crippen molar-refractivity contribution in [2.24, 2.45) is 0 Å². The molecule has 4 heteroatoms. The first-order chi connectivity index (χ1) is 7.13. The molecule has 0 amide bonds. The largest absolute Gasteiger partial charge is 0.478 e. The summed E-state index contributed by atoms with van der Waals surface area (Å²) >= 11 is 3.27. The highest BCUT2D eigenvalue weighted by atomic mass is 79.9. The van der Waals surface area contributed by atoms with Crippen molar-refractivity contribution in [2.45, 2.75) is 12.5 Å². The van der Waals surface area contributed by atoms with Crippen LogP contribution in [0.15, 0.2) is 28.7 Å². The molecule has 0 saturated heterocycles. The Morgan fingerprint density at radius 1 is 1.53 bits per heavy atom. The third kappa shape index (κ3) is 3.64. The molecule has 3 nitrogen and oxygen atoms in total. The summed E-state index contributed by atoms with van der Waals surface area (Å²) in [6.45, 7) is 0. The Balaban J connectivity index is 2.70. The molecule has 0 bridgehead atoms. The van der Waals surface area contributed by atoms with E-state index in [0.29, 0.717) is 5.75 Å². The number of carbonyl (C=O) groups is 1. The quantitative estimate of drug-likeness (QED) is 0.853. The first-order valence-corrected chi connectivity index (χ1v) is 5.01. The zero-order valence-electron chi connectivity index (χ0n) is 7.81. The second-order valence-corrected chi connectivity index (χ2v) is 3.72. The second-order valence-electron chi connectivity index (χ2n) is 2.81. The molecule has 0 radical (unpaired) electrons. The lowest BCUT2D eigenvalue weighted by Gasteiger charge is -2.12. The van der Waals surface area contributed by atoms with Gasteiger partial charge in [-0.3, -0.25) is 0 Å². The molecule has 0 spiro atoms. The standard InChI is InChI=1S/C11H9BrO3/c1-2-3-10(11(13)14)15-9-6-4-8(12)5-7-9/h1,4-7,10H,3H2,(H,13,14)/t10-/m0/s1. The van der Waals surface area contributed by atoms with Crippen LogP contribution in [0.4, 0.5) is 0 Å². The molecular formula is C11H9BrO3. The van der Waals surface area contributed by atoms with E-state index in [0.717, 1.165) is 4.47 Å². The number of hydrogen-bond donors (Lipinski definition) is 1. The molecule has 0 aliphatic carbocycles. The number of carboxylic acids is 1. The third-order valence-electron chi connectivity index (χ3n) is 1.67. The first kappa shape index (κ1) is 11.6. The summed E-state index contributed by atoms with van der Waals surface area (Å²) in [4.78, 5) is 10.7. The van der Waals surface area contributed by atoms with Gasteiger partial charge < -0.3 is 9.84 Å². The maximum Gasteiger partial charge on any atom is 0.345 e. The Morgan fingerprint density at radius 3 is 2.60 bits per heavy atom. The molecule has 0 aliphatic rings. The van der Waals surface area contributed by atoms with Gasteiger partial charge in [0.1, 0.15) is 5.75 Å². The Kier molecular flexibility index (Phi) is 4.19. The van der Waals surface area contributed by atoms with E-state index in [4.69, 9.17) is 16.3 Å². The highest BCUT2D eigenvalue weighted by molar-refractivity contribution is 9.10. The molecule has 1 N–H and O–H groups in total. The highest BCUT2D eigenvalue weighted by Crippen LogP contribution is 2.17. The molecule has 15 heavy (non-hydrogen) atoms. The number of halogens is 1. The van der Waals surface area contributed by atoms with Crippen LogP contribution < -0.4 is 4.74 Å². The topological polar surface area (TPSA) is 46.5 Å². The summed E-state index contributed by atoms with van der Waals surface area (Å²) in [5.74, 6) is 1.69. The molecule has 78 valence electrons. The third-order valence-corrected chi connectivity index (χ3v) is 2.20. The molecule has 0 aliphatic heterocycles. The second kappa shape index (κ2) is 5.42. The van der Waals surface area contributed by atoms with Crippen molar-refractivity contribution in [3.8, 4) is 18.1 Å². The van der Waals surface area contributed by atoms with Crippen LogP contribution >= 0.6 is 15.9 Å². The number of hydrogen-bond acceptors (Lipinski definition) is 2. The normalized spacial score (nSPS) is 11.5. The maximum absolute atomic E-state index is 10.7. The summed E-state index contributed by atoms with van der Waals surface area (Å²) < 4.78 is 6.11. The van der Waals surface area contributed by atoms with Gasteiger partial charge in [0, 0.05) is 4.47 Å². The average Bonchev–Trinajstić information content (AvgIpc) is 2.20. The fourth-order valence-corrected chi connectivity index (χ4v) is 1.23. The van der Waals surface area contributed by atoms with Crippen molar-refractivity contribution in [3.05, 3.63) is 28.7 Å². The fraction of sp³-hybridized carbons (Fsp3) is 0.182. The number of aliphatic carboxylic acids is 1. The van der Waals surface area contributed by atoms with E-state index >= 15 is 0 Å². The van der Waals surface area contributed by atoms with E-state index in [1.165, 1.54) is 0 Å². The summed E-state index contributed by atoms with van der Waals surface area (Å²) in [7, 11) is 0. The van der Waals surface area contributed by atoms with Gasteiger partial charge in [-0.2, -0.15) is 0 Å².